The lowest BCUT2D eigenvalue weighted by Gasteiger charge is -2.27. The molecule has 1 aromatic carbocycles. The molecule has 1 aromatic heterocycles. The summed E-state index contributed by atoms with van der Waals surface area (Å²) in [6.07, 6.45) is 4.52. The minimum absolute atomic E-state index is 0.0949. The van der Waals surface area contributed by atoms with Gasteiger partial charge in [0.1, 0.15) is 11.9 Å². The largest absolute Gasteiger partial charge is 0.346 e. The third-order valence-corrected chi connectivity index (χ3v) is 6.11. The fraction of sp³-hybridized carbons (Fsp3) is 0.571. The number of aromatic nitrogens is 3. The monoisotopic (exact) mass is 368 g/mol. The number of hydrogen-bond donors (Lipinski definition) is 0. The number of nitrogens with zero attached hydrogens (tertiary/aromatic N) is 4. The molecular weight excluding hydrogens is 340 g/mol. The Balaban J connectivity index is 1.67. The second-order valence-electron chi connectivity index (χ2n) is 8.03. The predicted octanol–water partition coefficient (Wildman–Crippen LogP) is 2.52. The van der Waals surface area contributed by atoms with Crippen molar-refractivity contribution < 1.29 is 4.79 Å². The molecule has 0 radical (unpaired) electrons. The zero-order valence-electron chi connectivity index (χ0n) is 16.5. The number of likely N-dealkylation sites (tertiary alicyclic amines) is 1. The molecule has 1 unspecified atom stereocenters. The van der Waals surface area contributed by atoms with Gasteiger partial charge in [-0.05, 0) is 68.7 Å². The molecule has 2 aliphatic rings. The zero-order chi connectivity index (χ0) is 19.1. The number of hydrogen-bond acceptors (Lipinski definition) is 3. The molecule has 2 aliphatic heterocycles. The van der Waals surface area contributed by atoms with Gasteiger partial charge in [-0.15, -0.1) is 0 Å². The Morgan fingerprint density at radius 1 is 1.07 bits per heavy atom. The first-order chi connectivity index (χ1) is 13.0. The molecule has 0 spiro atoms. The molecule has 1 atom stereocenters. The summed E-state index contributed by atoms with van der Waals surface area (Å²) in [5, 5.41) is 4.59. The molecule has 144 valence electrons. The van der Waals surface area contributed by atoms with Crippen LogP contribution in [0.2, 0.25) is 0 Å². The summed E-state index contributed by atoms with van der Waals surface area (Å²) in [6.45, 7) is 8.34. The lowest BCUT2D eigenvalue weighted by molar-refractivity contribution is -0.134. The molecule has 6 nitrogen and oxygen atoms in total. The maximum absolute atomic E-state index is 13.1. The van der Waals surface area contributed by atoms with E-state index in [9.17, 15) is 9.59 Å². The van der Waals surface area contributed by atoms with Crippen LogP contribution >= 0.6 is 0 Å². The van der Waals surface area contributed by atoms with Crippen molar-refractivity contribution in [2.75, 3.05) is 13.1 Å². The molecule has 4 rings (SSSR count). The van der Waals surface area contributed by atoms with Gasteiger partial charge >= 0.3 is 5.69 Å². The van der Waals surface area contributed by atoms with E-state index >= 15 is 0 Å². The van der Waals surface area contributed by atoms with E-state index < -0.39 is 0 Å². The van der Waals surface area contributed by atoms with Crippen LogP contribution in [0.15, 0.2) is 16.9 Å². The SMILES string of the molecule is Cc1cc(C)c(Cn2nc3n(c2=O)C(C(=O)N2CCCC2)CCC3)cc1C. The van der Waals surface area contributed by atoms with E-state index in [-0.39, 0.29) is 17.6 Å². The third-order valence-electron chi connectivity index (χ3n) is 6.11. The van der Waals surface area contributed by atoms with Gasteiger partial charge in [-0.2, -0.15) is 5.10 Å². The van der Waals surface area contributed by atoms with E-state index in [1.165, 1.54) is 16.7 Å². The number of benzene rings is 1. The fourth-order valence-electron chi connectivity index (χ4n) is 4.37. The highest BCUT2D eigenvalue weighted by Crippen LogP contribution is 2.26. The van der Waals surface area contributed by atoms with Crippen LogP contribution in [-0.2, 0) is 17.8 Å². The number of amides is 1. The van der Waals surface area contributed by atoms with Crippen molar-refractivity contribution in [1.82, 2.24) is 19.2 Å². The van der Waals surface area contributed by atoms with Gasteiger partial charge < -0.3 is 4.90 Å². The topological polar surface area (TPSA) is 60.1 Å². The van der Waals surface area contributed by atoms with Crippen LogP contribution in [0.5, 0.6) is 0 Å². The van der Waals surface area contributed by atoms with Gasteiger partial charge in [0.05, 0.1) is 6.54 Å². The van der Waals surface area contributed by atoms with Crippen LogP contribution in [0.4, 0.5) is 0 Å². The maximum Gasteiger partial charge on any atom is 0.346 e. The van der Waals surface area contributed by atoms with E-state index in [0.29, 0.717) is 6.54 Å². The summed E-state index contributed by atoms with van der Waals surface area (Å²) in [5.41, 5.74) is 4.59. The van der Waals surface area contributed by atoms with E-state index in [1.807, 2.05) is 4.90 Å². The van der Waals surface area contributed by atoms with Crippen molar-refractivity contribution in [2.24, 2.45) is 0 Å². The summed E-state index contributed by atoms with van der Waals surface area (Å²) in [6, 6.07) is 3.92. The van der Waals surface area contributed by atoms with Crippen molar-refractivity contribution >= 4 is 5.91 Å². The third kappa shape index (κ3) is 3.22. The van der Waals surface area contributed by atoms with E-state index in [0.717, 1.165) is 56.6 Å². The molecule has 1 fully saturated rings. The van der Waals surface area contributed by atoms with E-state index in [1.54, 1.807) is 9.25 Å². The summed E-state index contributed by atoms with van der Waals surface area (Å²) in [7, 11) is 0. The average Bonchev–Trinajstić information content (AvgIpc) is 3.28. The zero-order valence-corrected chi connectivity index (χ0v) is 16.5. The van der Waals surface area contributed by atoms with Crippen LogP contribution in [0.1, 0.15) is 59.8 Å². The quantitative estimate of drug-likeness (QED) is 0.836. The number of aryl methyl sites for hydroxylation is 4. The molecule has 27 heavy (non-hydrogen) atoms. The predicted molar refractivity (Wildman–Crippen MR) is 104 cm³/mol. The number of fused-ring (bicyclic) bond motifs is 1. The standard InChI is InChI=1S/C21H28N4O2/c1-14-11-16(3)17(12-15(14)2)13-24-21(27)25-18(7-6-8-19(25)22-24)20(26)23-9-4-5-10-23/h11-12,18H,4-10,13H2,1-3H3. The van der Waals surface area contributed by atoms with Crippen LogP contribution in [0.25, 0.3) is 0 Å². The minimum Gasteiger partial charge on any atom is -0.341 e. The Labute approximate surface area is 159 Å². The Morgan fingerprint density at radius 3 is 2.52 bits per heavy atom. The first-order valence-electron chi connectivity index (χ1n) is 9.99. The van der Waals surface area contributed by atoms with Crippen molar-refractivity contribution in [3.63, 3.8) is 0 Å². The van der Waals surface area contributed by atoms with Crippen LogP contribution in [0.3, 0.4) is 0 Å². The summed E-state index contributed by atoms with van der Waals surface area (Å²) in [4.78, 5) is 28.0. The van der Waals surface area contributed by atoms with Crippen molar-refractivity contribution in [3.8, 4) is 0 Å². The molecule has 0 aliphatic carbocycles. The molecule has 0 N–H and O–H groups in total. The highest BCUT2D eigenvalue weighted by molar-refractivity contribution is 5.80. The molecule has 1 saturated heterocycles. The van der Waals surface area contributed by atoms with E-state index in [4.69, 9.17) is 0 Å². The number of rotatable bonds is 3. The Kier molecular flexibility index (Phi) is 4.66. The second kappa shape index (κ2) is 6.98. The average molecular weight is 368 g/mol. The molecule has 2 aromatic rings. The lowest BCUT2D eigenvalue weighted by atomic mass is 10.0. The lowest BCUT2D eigenvalue weighted by Crippen LogP contribution is -2.41. The Morgan fingerprint density at radius 2 is 1.78 bits per heavy atom. The molecule has 0 bridgehead atoms. The van der Waals surface area contributed by atoms with Crippen LogP contribution in [0, 0.1) is 20.8 Å². The van der Waals surface area contributed by atoms with Gasteiger partial charge in [-0.25, -0.2) is 9.48 Å². The number of carbonyl (C=O) groups excluding carboxylic acids is 1. The van der Waals surface area contributed by atoms with Gasteiger partial charge in [0, 0.05) is 19.5 Å². The Bertz CT molecular complexity index is 934. The highest BCUT2D eigenvalue weighted by Gasteiger charge is 2.34. The van der Waals surface area contributed by atoms with Gasteiger partial charge in [0.15, 0.2) is 0 Å². The molecular formula is C21H28N4O2. The van der Waals surface area contributed by atoms with E-state index in [2.05, 4.69) is 38.0 Å². The second-order valence-corrected chi connectivity index (χ2v) is 8.03. The maximum atomic E-state index is 13.1. The highest BCUT2D eigenvalue weighted by atomic mass is 16.2. The smallest absolute Gasteiger partial charge is 0.341 e. The molecule has 6 heteroatoms. The fourth-order valence-corrected chi connectivity index (χ4v) is 4.37. The van der Waals surface area contributed by atoms with Crippen molar-refractivity contribution in [3.05, 3.63) is 50.7 Å². The molecule has 0 saturated carbocycles. The van der Waals surface area contributed by atoms with Crippen LogP contribution in [-0.4, -0.2) is 38.2 Å². The molecule has 1 amide bonds. The summed E-state index contributed by atoms with van der Waals surface area (Å²) < 4.78 is 3.21. The van der Waals surface area contributed by atoms with Crippen LogP contribution < -0.4 is 5.69 Å². The summed E-state index contributed by atoms with van der Waals surface area (Å²) in [5.74, 6) is 0.850. The minimum atomic E-state index is -0.381. The van der Waals surface area contributed by atoms with Gasteiger partial charge in [-0.3, -0.25) is 9.36 Å². The van der Waals surface area contributed by atoms with Gasteiger partial charge in [0.25, 0.3) is 0 Å². The number of carbonyl (C=O) groups is 1. The summed E-state index contributed by atoms with van der Waals surface area (Å²) >= 11 is 0. The van der Waals surface area contributed by atoms with Crippen molar-refractivity contribution in [1.29, 1.82) is 0 Å². The first kappa shape index (κ1) is 18.0. The van der Waals surface area contributed by atoms with Crippen molar-refractivity contribution in [2.45, 2.75) is 65.5 Å². The van der Waals surface area contributed by atoms with Gasteiger partial charge in [0.2, 0.25) is 5.91 Å². The molecule has 3 heterocycles. The first-order valence-corrected chi connectivity index (χ1v) is 9.99. The van der Waals surface area contributed by atoms with Gasteiger partial charge in [-0.1, -0.05) is 12.1 Å². The normalized spacial score (nSPS) is 19.4. The Hall–Kier alpha value is -2.37.